The van der Waals surface area contributed by atoms with Gasteiger partial charge >= 0.3 is 24.1 Å². The lowest BCUT2D eigenvalue weighted by Crippen LogP contribution is -2.62. The number of carbonyl (C=O) groups excluding carboxylic acids is 4. The molecular formula is C27H28O11. The lowest BCUT2D eigenvalue weighted by molar-refractivity contribution is -0.294. The summed E-state index contributed by atoms with van der Waals surface area (Å²) in [6.45, 7) is 2.89. The van der Waals surface area contributed by atoms with Crippen LogP contribution in [0.1, 0.15) is 37.8 Å². The fourth-order valence-electron chi connectivity index (χ4n) is 4.75. The Morgan fingerprint density at radius 1 is 0.711 bits per heavy atom. The predicted octanol–water partition coefficient (Wildman–Crippen LogP) is 2.46. The van der Waals surface area contributed by atoms with Crippen LogP contribution in [-0.4, -0.2) is 73.1 Å². The molecule has 38 heavy (non-hydrogen) atoms. The molecule has 0 amide bonds. The summed E-state index contributed by atoms with van der Waals surface area (Å²) in [7, 11) is 0. The van der Waals surface area contributed by atoms with E-state index < -0.39 is 61.4 Å². The smallest absolute Gasteiger partial charge is 0.463 e. The molecule has 5 atom stereocenters. The number of fused-ring (bicyclic) bond motifs is 3. The van der Waals surface area contributed by atoms with E-state index >= 15 is 0 Å². The van der Waals surface area contributed by atoms with Gasteiger partial charge in [-0.15, -0.1) is 0 Å². The molecule has 4 rings (SSSR count). The average Bonchev–Trinajstić information content (AvgIpc) is 3.18. The van der Waals surface area contributed by atoms with Crippen LogP contribution in [0.25, 0.3) is 11.1 Å². The molecule has 0 bridgehead atoms. The Morgan fingerprint density at radius 2 is 1.26 bits per heavy atom. The van der Waals surface area contributed by atoms with Gasteiger partial charge in [-0.2, -0.15) is 0 Å². The van der Waals surface area contributed by atoms with Crippen LogP contribution in [0.4, 0.5) is 4.79 Å². The lowest BCUT2D eigenvalue weighted by atomic mass is 9.98. The molecule has 0 saturated carbocycles. The number of benzene rings is 2. The SMILES string of the molecule is CC(=O)OC[C@H]1O[C@H](O)[C@H](OC(=O)OCC2c3ccccc3-c3ccccc32)[C@@H](OC(C)=O)[C@@H]1OC(C)=O. The summed E-state index contributed by atoms with van der Waals surface area (Å²) in [5, 5.41) is 10.6. The molecule has 11 heteroatoms. The first-order chi connectivity index (χ1) is 18.2. The maximum Gasteiger partial charge on any atom is 0.508 e. The van der Waals surface area contributed by atoms with Gasteiger partial charge in [0.2, 0.25) is 0 Å². The van der Waals surface area contributed by atoms with Crippen molar-refractivity contribution in [3.8, 4) is 11.1 Å². The van der Waals surface area contributed by atoms with Crippen molar-refractivity contribution in [1.29, 1.82) is 0 Å². The van der Waals surface area contributed by atoms with Crippen molar-refractivity contribution in [1.82, 2.24) is 0 Å². The molecule has 2 aromatic rings. The molecule has 2 aliphatic rings. The standard InChI is InChI=1S/C27H28O11/c1-14(28)33-13-22-23(35-15(2)29)24(36-16(3)30)25(26(31)37-22)38-27(32)34-12-21-19-10-6-4-8-17(19)18-9-5-7-11-20(18)21/h4-11,21-26,31H,12-13H2,1-3H3/t22-,23-,24+,25-,26+/m1/s1. The molecule has 0 spiro atoms. The molecule has 1 fully saturated rings. The van der Waals surface area contributed by atoms with E-state index in [2.05, 4.69) is 0 Å². The normalized spacial score (nSPS) is 23.9. The fraction of sp³-hybridized carbons (Fsp3) is 0.407. The number of hydrogen-bond donors (Lipinski definition) is 1. The van der Waals surface area contributed by atoms with Gasteiger partial charge in [0, 0.05) is 26.7 Å². The van der Waals surface area contributed by atoms with Gasteiger partial charge in [0.15, 0.2) is 24.6 Å². The van der Waals surface area contributed by atoms with Crippen molar-refractivity contribution >= 4 is 24.1 Å². The number of rotatable bonds is 7. The van der Waals surface area contributed by atoms with E-state index in [-0.39, 0.29) is 12.5 Å². The Kier molecular flexibility index (Phi) is 8.28. The largest absolute Gasteiger partial charge is 0.508 e. The summed E-state index contributed by atoms with van der Waals surface area (Å²) >= 11 is 0. The van der Waals surface area contributed by atoms with Crippen LogP contribution in [0.2, 0.25) is 0 Å². The van der Waals surface area contributed by atoms with Gasteiger partial charge in [-0.1, -0.05) is 48.5 Å². The van der Waals surface area contributed by atoms with Crippen LogP contribution in [0, 0.1) is 0 Å². The van der Waals surface area contributed by atoms with Crippen LogP contribution in [0.3, 0.4) is 0 Å². The molecule has 1 aliphatic carbocycles. The lowest BCUT2D eigenvalue weighted by Gasteiger charge is -2.42. The van der Waals surface area contributed by atoms with E-state index in [9.17, 15) is 24.3 Å². The molecule has 0 aromatic heterocycles. The molecule has 1 aliphatic heterocycles. The summed E-state index contributed by atoms with van der Waals surface area (Å²) < 4.78 is 31.6. The Bertz CT molecular complexity index is 1160. The van der Waals surface area contributed by atoms with E-state index in [1.165, 1.54) is 0 Å². The van der Waals surface area contributed by atoms with Gasteiger partial charge in [-0.25, -0.2) is 4.79 Å². The summed E-state index contributed by atoms with van der Waals surface area (Å²) in [5.41, 5.74) is 4.06. The molecule has 0 radical (unpaired) electrons. The highest BCUT2D eigenvalue weighted by Crippen LogP contribution is 2.44. The molecule has 202 valence electrons. The maximum absolute atomic E-state index is 12.8. The number of aliphatic hydroxyl groups excluding tert-OH is 1. The van der Waals surface area contributed by atoms with Gasteiger partial charge in [0.1, 0.15) is 19.3 Å². The molecule has 2 aromatic carbocycles. The van der Waals surface area contributed by atoms with Crippen molar-refractivity contribution in [3.05, 3.63) is 59.7 Å². The van der Waals surface area contributed by atoms with Gasteiger partial charge < -0.3 is 33.5 Å². The maximum atomic E-state index is 12.8. The number of aliphatic hydroxyl groups is 1. The average molecular weight is 529 g/mol. The van der Waals surface area contributed by atoms with Crippen LogP contribution < -0.4 is 0 Å². The highest BCUT2D eigenvalue weighted by molar-refractivity contribution is 5.79. The van der Waals surface area contributed by atoms with E-state index in [0.29, 0.717) is 0 Å². The first kappa shape index (κ1) is 27.1. The first-order valence-electron chi connectivity index (χ1n) is 12.0. The second-order valence-electron chi connectivity index (χ2n) is 8.89. The van der Waals surface area contributed by atoms with Crippen molar-refractivity contribution in [2.24, 2.45) is 0 Å². The monoisotopic (exact) mass is 528 g/mol. The highest BCUT2D eigenvalue weighted by Gasteiger charge is 2.52. The third-order valence-corrected chi connectivity index (χ3v) is 6.23. The van der Waals surface area contributed by atoms with Crippen molar-refractivity contribution in [2.75, 3.05) is 13.2 Å². The second kappa shape index (κ2) is 11.6. The molecule has 0 unspecified atom stereocenters. The van der Waals surface area contributed by atoms with E-state index in [4.69, 9.17) is 28.4 Å². The van der Waals surface area contributed by atoms with E-state index in [1.54, 1.807) is 0 Å². The quantitative estimate of drug-likeness (QED) is 0.418. The van der Waals surface area contributed by atoms with Gasteiger partial charge in [0.25, 0.3) is 0 Å². The van der Waals surface area contributed by atoms with E-state index in [0.717, 1.165) is 43.0 Å². The Labute approximate surface area is 218 Å². The summed E-state index contributed by atoms with van der Waals surface area (Å²) in [6, 6.07) is 15.6. The molecule has 1 heterocycles. The number of ether oxygens (including phenoxy) is 6. The van der Waals surface area contributed by atoms with Gasteiger partial charge in [0.05, 0.1) is 0 Å². The third kappa shape index (κ3) is 5.95. The predicted molar refractivity (Wildman–Crippen MR) is 129 cm³/mol. The zero-order valence-electron chi connectivity index (χ0n) is 21.0. The number of hydrogen-bond acceptors (Lipinski definition) is 11. The fourth-order valence-corrected chi connectivity index (χ4v) is 4.75. The summed E-state index contributed by atoms with van der Waals surface area (Å²) in [5.74, 6) is -2.45. The first-order valence-corrected chi connectivity index (χ1v) is 12.0. The molecular weight excluding hydrogens is 500 g/mol. The Balaban J connectivity index is 1.50. The van der Waals surface area contributed by atoms with Gasteiger partial charge in [-0.05, 0) is 22.3 Å². The van der Waals surface area contributed by atoms with Crippen LogP contribution in [0.15, 0.2) is 48.5 Å². The zero-order chi connectivity index (χ0) is 27.4. The second-order valence-corrected chi connectivity index (χ2v) is 8.89. The highest BCUT2D eigenvalue weighted by atomic mass is 16.8. The topological polar surface area (TPSA) is 144 Å². The Hall–Kier alpha value is -3.96. The van der Waals surface area contributed by atoms with Crippen molar-refractivity contribution in [3.63, 3.8) is 0 Å². The number of esters is 3. The Morgan fingerprint density at radius 3 is 1.82 bits per heavy atom. The minimum absolute atomic E-state index is 0.0583. The van der Waals surface area contributed by atoms with Crippen LogP contribution in [0.5, 0.6) is 0 Å². The molecule has 1 saturated heterocycles. The zero-order valence-corrected chi connectivity index (χ0v) is 21.0. The van der Waals surface area contributed by atoms with Gasteiger partial charge in [-0.3, -0.25) is 14.4 Å². The number of carbonyl (C=O) groups is 4. The molecule has 1 N–H and O–H groups in total. The summed E-state index contributed by atoms with van der Waals surface area (Å²) in [4.78, 5) is 47.7. The van der Waals surface area contributed by atoms with Crippen molar-refractivity contribution in [2.45, 2.75) is 57.4 Å². The van der Waals surface area contributed by atoms with E-state index in [1.807, 2.05) is 48.5 Å². The van der Waals surface area contributed by atoms with Crippen LogP contribution >= 0.6 is 0 Å². The van der Waals surface area contributed by atoms with Crippen LogP contribution in [-0.2, 0) is 42.8 Å². The minimum atomic E-state index is -1.81. The van der Waals surface area contributed by atoms with Crippen molar-refractivity contribution < 1.29 is 52.7 Å². The minimum Gasteiger partial charge on any atom is -0.463 e. The molecule has 11 nitrogen and oxygen atoms in total. The third-order valence-electron chi connectivity index (χ3n) is 6.23. The summed E-state index contributed by atoms with van der Waals surface area (Å²) in [6.07, 6.45) is -8.60.